The second-order valence-electron chi connectivity index (χ2n) is 4.92. The van der Waals surface area contributed by atoms with Gasteiger partial charge < -0.3 is 4.74 Å². The van der Waals surface area contributed by atoms with E-state index >= 15 is 0 Å². The van der Waals surface area contributed by atoms with Gasteiger partial charge in [-0.15, -0.1) is 0 Å². The Bertz CT molecular complexity index is 436. The first-order valence-corrected chi connectivity index (χ1v) is 7.33. The first-order valence-electron chi connectivity index (χ1n) is 6.95. The summed E-state index contributed by atoms with van der Waals surface area (Å²) in [6.45, 7) is 2.80. The lowest BCUT2D eigenvalue weighted by molar-refractivity contribution is 0.135. The largest absolute Gasteiger partial charge is 0.444 e. The lowest BCUT2D eigenvalue weighted by Gasteiger charge is -2.14. The van der Waals surface area contributed by atoms with E-state index in [1.54, 1.807) is 11.0 Å². The number of carbonyl (C=O) groups is 1. The number of cyclic esters (lactones) is 1. The molecule has 1 atom stereocenters. The van der Waals surface area contributed by atoms with Crippen LogP contribution in [0.5, 0.6) is 0 Å². The van der Waals surface area contributed by atoms with E-state index in [2.05, 4.69) is 6.92 Å². The molecule has 1 heterocycles. The van der Waals surface area contributed by atoms with E-state index in [0.29, 0.717) is 11.6 Å². The summed E-state index contributed by atoms with van der Waals surface area (Å²) in [5, 5.41) is 0.589. The summed E-state index contributed by atoms with van der Waals surface area (Å²) in [5.41, 5.74) is 0.741. The lowest BCUT2D eigenvalue weighted by Crippen LogP contribution is -2.24. The minimum Gasteiger partial charge on any atom is -0.444 e. The van der Waals surface area contributed by atoms with Crippen LogP contribution in [0.4, 0.5) is 10.5 Å². The van der Waals surface area contributed by atoms with Crippen molar-refractivity contribution in [3.8, 4) is 0 Å². The maximum atomic E-state index is 11.9. The van der Waals surface area contributed by atoms with Crippen molar-refractivity contribution in [3.05, 3.63) is 29.3 Å². The average molecular weight is 282 g/mol. The van der Waals surface area contributed by atoms with E-state index in [0.717, 1.165) is 18.5 Å². The number of para-hydroxylation sites is 1. The Balaban J connectivity index is 1.91. The number of anilines is 1. The van der Waals surface area contributed by atoms with Crippen LogP contribution < -0.4 is 4.90 Å². The van der Waals surface area contributed by atoms with Gasteiger partial charge in [0.15, 0.2) is 0 Å². The Morgan fingerprint density at radius 1 is 1.32 bits per heavy atom. The molecule has 0 radical (unpaired) electrons. The van der Waals surface area contributed by atoms with E-state index in [1.165, 1.54) is 19.3 Å². The molecule has 2 rings (SSSR count). The molecular weight excluding hydrogens is 262 g/mol. The van der Waals surface area contributed by atoms with Crippen LogP contribution >= 0.6 is 11.6 Å². The van der Waals surface area contributed by atoms with Gasteiger partial charge in [-0.25, -0.2) is 4.79 Å². The molecule has 19 heavy (non-hydrogen) atoms. The zero-order valence-corrected chi connectivity index (χ0v) is 12.0. The van der Waals surface area contributed by atoms with E-state index < -0.39 is 0 Å². The van der Waals surface area contributed by atoms with Crippen molar-refractivity contribution in [2.75, 3.05) is 11.4 Å². The van der Waals surface area contributed by atoms with Gasteiger partial charge in [-0.2, -0.15) is 0 Å². The molecule has 0 aromatic heterocycles. The number of ether oxygens (including phenoxy) is 1. The number of halogens is 1. The smallest absolute Gasteiger partial charge is 0.414 e. The summed E-state index contributed by atoms with van der Waals surface area (Å²) >= 11 is 6.11. The van der Waals surface area contributed by atoms with Crippen LogP contribution in [0, 0.1) is 0 Å². The van der Waals surface area contributed by atoms with Gasteiger partial charge in [-0.05, 0) is 25.0 Å². The van der Waals surface area contributed by atoms with Gasteiger partial charge >= 0.3 is 6.09 Å². The molecule has 0 saturated carbocycles. The summed E-state index contributed by atoms with van der Waals surface area (Å²) in [6.07, 6.45) is 5.44. The van der Waals surface area contributed by atoms with Gasteiger partial charge in [0.05, 0.1) is 17.3 Å². The summed E-state index contributed by atoms with van der Waals surface area (Å²) in [6, 6.07) is 7.38. The molecule has 3 nitrogen and oxygen atoms in total. The predicted octanol–water partition coefficient (Wildman–Crippen LogP) is 4.64. The van der Waals surface area contributed by atoms with Crippen LogP contribution in [-0.4, -0.2) is 18.7 Å². The predicted molar refractivity (Wildman–Crippen MR) is 77.8 cm³/mol. The average Bonchev–Trinajstić information content (AvgIpc) is 2.76. The first kappa shape index (κ1) is 14.2. The number of amides is 1. The number of hydrogen-bond acceptors (Lipinski definition) is 2. The number of benzene rings is 1. The fourth-order valence-electron chi connectivity index (χ4n) is 2.34. The first-order chi connectivity index (χ1) is 9.22. The molecule has 0 aliphatic carbocycles. The van der Waals surface area contributed by atoms with Gasteiger partial charge in [-0.1, -0.05) is 49.9 Å². The summed E-state index contributed by atoms with van der Waals surface area (Å²) in [4.78, 5) is 13.5. The van der Waals surface area contributed by atoms with Crippen molar-refractivity contribution in [2.24, 2.45) is 0 Å². The van der Waals surface area contributed by atoms with Crippen molar-refractivity contribution in [1.29, 1.82) is 0 Å². The molecule has 1 saturated heterocycles. The molecule has 1 aromatic carbocycles. The molecule has 1 amide bonds. The van der Waals surface area contributed by atoms with E-state index in [9.17, 15) is 4.79 Å². The number of carbonyl (C=O) groups excluding carboxylic acids is 1. The van der Waals surface area contributed by atoms with Gasteiger partial charge in [-0.3, -0.25) is 4.90 Å². The van der Waals surface area contributed by atoms with Gasteiger partial charge in [0.25, 0.3) is 0 Å². The lowest BCUT2D eigenvalue weighted by atomic mass is 10.1. The highest BCUT2D eigenvalue weighted by Crippen LogP contribution is 2.30. The van der Waals surface area contributed by atoms with E-state index in [-0.39, 0.29) is 12.2 Å². The molecule has 0 spiro atoms. The third kappa shape index (κ3) is 3.63. The Morgan fingerprint density at radius 3 is 2.84 bits per heavy atom. The highest BCUT2D eigenvalue weighted by atomic mass is 35.5. The fourth-order valence-corrected chi connectivity index (χ4v) is 2.58. The molecule has 1 fully saturated rings. The maximum Gasteiger partial charge on any atom is 0.414 e. The zero-order chi connectivity index (χ0) is 13.7. The zero-order valence-electron chi connectivity index (χ0n) is 11.3. The fraction of sp³-hybridized carbons (Fsp3) is 0.533. The van der Waals surface area contributed by atoms with Gasteiger partial charge in [0.2, 0.25) is 0 Å². The second kappa shape index (κ2) is 6.80. The quantitative estimate of drug-likeness (QED) is 0.711. The summed E-state index contributed by atoms with van der Waals surface area (Å²) in [7, 11) is 0. The molecule has 1 unspecified atom stereocenters. The monoisotopic (exact) mass is 281 g/mol. The molecule has 1 aliphatic heterocycles. The number of unbranched alkanes of at least 4 members (excludes halogenated alkanes) is 3. The van der Waals surface area contributed by atoms with Crippen LogP contribution in [0.1, 0.15) is 39.0 Å². The number of rotatable bonds is 6. The van der Waals surface area contributed by atoms with Gasteiger partial charge in [0.1, 0.15) is 6.10 Å². The Hall–Kier alpha value is -1.22. The molecule has 0 bridgehead atoms. The van der Waals surface area contributed by atoms with Gasteiger partial charge in [0, 0.05) is 0 Å². The third-order valence-corrected chi connectivity index (χ3v) is 3.72. The van der Waals surface area contributed by atoms with Crippen molar-refractivity contribution >= 4 is 23.4 Å². The van der Waals surface area contributed by atoms with Crippen molar-refractivity contribution in [3.63, 3.8) is 0 Å². The Morgan fingerprint density at radius 2 is 2.11 bits per heavy atom. The second-order valence-corrected chi connectivity index (χ2v) is 5.32. The van der Waals surface area contributed by atoms with Crippen molar-refractivity contribution in [1.82, 2.24) is 0 Å². The van der Waals surface area contributed by atoms with Crippen molar-refractivity contribution in [2.45, 2.75) is 45.1 Å². The van der Waals surface area contributed by atoms with Crippen LogP contribution in [0.15, 0.2) is 24.3 Å². The van der Waals surface area contributed by atoms with Crippen LogP contribution in [-0.2, 0) is 4.74 Å². The summed E-state index contributed by atoms with van der Waals surface area (Å²) < 4.78 is 5.39. The van der Waals surface area contributed by atoms with Crippen molar-refractivity contribution < 1.29 is 9.53 Å². The van der Waals surface area contributed by atoms with Crippen LogP contribution in [0.3, 0.4) is 0 Å². The van der Waals surface area contributed by atoms with Crippen LogP contribution in [0.25, 0.3) is 0 Å². The normalized spacial score (nSPS) is 18.7. The molecule has 4 heteroatoms. The maximum absolute atomic E-state index is 11.9. The molecule has 0 N–H and O–H groups in total. The minimum absolute atomic E-state index is 0.000582. The van der Waals surface area contributed by atoms with E-state index in [1.807, 2.05) is 18.2 Å². The minimum atomic E-state index is -0.284. The molecular formula is C15H20ClNO2. The Kier molecular flexibility index (Phi) is 5.08. The highest BCUT2D eigenvalue weighted by molar-refractivity contribution is 6.33. The molecule has 1 aliphatic rings. The standard InChI is InChI=1S/C15H20ClNO2/c1-2-3-4-5-8-12-11-17(15(18)19-12)14-10-7-6-9-13(14)16/h6-7,9-10,12H,2-5,8,11H2,1H3. The topological polar surface area (TPSA) is 29.5 Å². The molecule has 1 aromatic rings. The van der Waals surface area contributed by atoms with E-state index in [4.69, 9.17) is 16.3 Å². The Labute approximate surface area is 119 Å². The number of hydrogen-bond donors (Lipinski definition) is 0. The SMILES string of the molecule is CCCCCCC1CN(c2ccccc2Cl)C(=O)O1. The highest BCUT2D eigenvalue weighted by Gasteiger charge is 2.32. The summed E-state index contributed by atoms with van der Waals surface area (Å²) in [5.74, 6) is 0. The molecule has 104 valence electrons. The number of nitrogens with zero attached hydrogens (tertiary/aromatic N) is 1. The van der Waals surface area contributed by atoms with Crippen LogP contribution in [0.2, 0.25) is 5.02 Å². The third-order valence-electron chi connectivity index (χ3n) is 3.40.